The van der Waals surface area contributed by atoms with E-state index in [0.29, 0.717) is 38.5 Å². The number of benzene rings is 2. The van der Waals surface area contributed by atoms with Crippen molar-refractivity contribution >= 4 is 61.3 Å². The number of unbranched alkanes of at least 4 members (excludes halogenated alkanes) is 4. The van der Waals surface area contributed by atoms with E-state index in [1.807, 2.05) is 0 Å². The molecule has 2 aliphatic rings. The van der Waals surface area contributed by atoms with Crippen molar-refractivity contribution in [3.8, 4) is 0 Å². The zero-order valence-electron chi connectivity index (χ0n) is 49.5. The third kappa shape index (κ3) is 26.9. The molecule has 0 aromatic heterocycles. The fraction of sp³-hybridized carbons (Fsp3) is 0.642. The first-order chi connectivity index (χ1) is 43.5. The second-order valence-corrected chi connectivity index (χ2v) is 24.0. The fourth-order valence-electron chi connectivity index (χ4n) is 9.26. The van der Waals surface area contributed by atoms with Crippen molar-refractivity contribution in [3.63, 3.8) is 0 Å². The van der Waals surface area contributed by atoms with Gasteiger partial charge in [0.15, 0.2) is 19.7 Å². The van der Waals surface area contributed by atoms with Crippen LogP contribution in [0.3, 0.4) is 0 Å². The maximum absolute atomic E-state index is 14.1. The molecule has 35 nitrogen and oxygen atoms in total. The van der Waals surface area contributed by atoms with Gasteiger partial charge in [-0.15, -0.1) is 0 Å². The number of nitrogens with one attached hydrogen (secondary N) is 2. The summed E-state index contributed by atoms with van der Waals surface area (Å²) in [5.41, 5.74) is 33.9. The van der Waals surface area contributed by atoms with Crippen LogP contribution in [0.1, 0.15) is 84.9 Å². The molecule has 4 rings (SSSR count). The maximum Gasteiger partial charge on any atom is 0.560 e. The zero-order valence-corrected chi connectivity index (χ0v) is 51.1. The molecule has 2 heterocycles. The third-order valence-corrected chi connectivity index (χ3v) is 17.3. The van der Waals surface area contributed by atoms with E-state index in [9.17, 15) is 50.4 Å². The van der Waals surface area contributed by atoms with Crippen molar-refractivity contribution in [2.75, 3.05) is 130 Å². The van der Waals surface area contributed by atoms with Crippen molar-refractivity contribution in [1.29, 1.82) is 0 Å². The van der Waals surface area contributed by atoms with E-state index in [-0.39, 0.29) is 162 Å². The predicted octanol–water partition coefficient (Wildman–Crippen LogP) is 5.82. The topological polar surface area (TPSA) is 487 Å². The first kappa shape index (κ1) is 74.3. The van der Waals surface area contributed by atoms with Gasteiger partial charge < -0.3 is 39.1 Å². The number of hydroxylamine groups is 4. The molecule has 6 amide bonds. The molecule has 2 aromatic carbocycles. The number of carbonyl (C=O) groups excluding carboxylic acids is 7. The van der Waals surface area contributed by atoms with Crippen LogP contribution < -0.4 is 10.6 Å². The second-order valence-electron chi connectivity index (χ2n) is 19.9. The molecule has 4 unspecified atom stereocenters. The zero-order chi connectivity index (χ0) is 65.4. The van der Waals surface area contributed by atoms with Crippen molar-refractivity contribution in [2.45, 2.75) is 74.0 Å². The molecule has 2 aliphatic heterocycles. The Morgan fingerprint density at radius 1 is 0.489 bits per heavy atom. The van der Waals surface area contributed by atoms with E-state index in [1.165, 1.54) is 36.4 Å². The molecular formula is C53H74N16O19S2. The average Bonchev–Trinajstić information content (AvgIpc) is 2.89. The molecule has 2 aromatic rings. The summed E-state index contributed by atoms with van der Waals surface area (Å²) in [5, 5.41) is 19.1. The number of hydrogen-bond donors (Lipinski definition) is 2. The van der Waals surface area contributed by atoms with Crippen LogP contribution in [-0.2, 0) is 76.9 Å². The van der Waals surface area contributed by atoms with Crippen LogP contribution >= 0.6 is 0 Å². The SMILES string of the molecule is [N-]=[N+]=NCCCCCC(CS(=O)(=O)c1cccc(C(=O)NCCOCCOCCOCCN=[N+]=[N-])c1)C1CC(=O)N(OC(=O)ON2C(=O)CC(C(CCCCCN=[N+]=[N-])CS(=O)(=O)c3cccc(C(=O)NCCOCCOCCOCCN=[N+]=[N-])c3)C2=O)C1=O. The van der Waals surface area contributed by atoms with Crippen LogP contribution in [0, 0.1) is 23.7 Å². The van der Waals surface area contributed by atoms with Crippen molar-refractivity contribution in [2.24, 2.45) is 44.1 Å². The summed E-state index contributed by atoms with van der Waals surface area (Å²) in [6.45, 7) is 3.57. The van der Waals surface area contributed by atoms with E-state index in [0.717, 1.165) is 12.1 Å². The van der Waals surface area contributed by atoms with Gasteiger partial charge in [0.05, 0.1) is 112 Å². The van der Waals surface area contributed by atoms with Gasteiger partial charge in [-0.25, -0.2) is 16.8 Å². The van der Waals surface area contributed by atoms with Gasteiger partial charge in [0.1, 0.15) is 0 Å². The Morgan fingerprint density at radius 2 is 0.833 bits per heavy atom. The van der Waals surface area contributed by atoms with E-state index >= 15 is 0 Å². The Labute approximate surface area is 518 Å². The van der Waals surface area contributed by atoms with E-state index < -0.39 is 109 Å². The molecule has 0 bridgehead atoms. The van der Waals surface area contributed by atoms with Crippen molar-refractivity contribution in [1.82, 2.24) is 20.8 Å². The maximum atomic E-state index is 14.1. The molecule has 37 heteroatoms. The summed E-state index contributed by atoms with van der Waals surface area (Å²) in [4.78, 5) is 115. The number of ether oxygens (including phenoxy) is 6. The minimum Gasteiger partial charge on any atom is -0.379 e. The van der Waals surface area contributed by atoms with E-state index in [2.05, 4.69) is 50.7 Å². The number of nitrogens with zero attached hydrogens (tertiary/aromatic N) is 14. The van der Waals surface area contributed by atoms with Gasteiger partial charge in [-0.1, -0.05) is 68.4 Å². The number of imide groups is 2. The van der Waals surface area contributed by atoms with Gasteiger partial charge in [-0.2, -0.15) is 4.79 Å². The predicted molar refractivity (Wildman–Crippen MR) is 314 cm³/mol. The highest BCUT2D eigenvalue weighted by molar-refractivity contribution is 7.91. The molecule has 90 heavy (non-hydrogen) atoms. The summed E-state index contributed by atoms with van der Waals surface area (Å²) >= 11 is 0. The minimum absolute atomic E-state index is 0.00955. The average molecular weight is 1300 g/mol. The summed E-state index contributed by atoms with van der Waals surface area (Å²) < 4.78 is 88.6. The lowest BCUT2D eigenvalue weighted by Crippen LogP contribution is -2.40. The number of azide groups is 4. The van der Waals surface area contributed by atoms with Crippen molar-refractivity contribution in [3.05, 3.63) is 101 Å². The Hall–Kier alpha value is -8.17. The lowest BCUT2D eigenvalue weighted by Gasteiger charge is -2.23. The van der Waals surface area contributed by atoms with Crippen LogP contribution in [0.4, 0.5) is 4.79 Å². The summed E-state index contributed by atoms with van der Waals surface area (Å²) in [6, 6.07) is 10.3. The van der Waals surface area contributed by atoms with E-state index in [4.69, 9.17) is 60.2 Å². The van der Waals surface area contributed by atoms with Crippen LogP contribution in [0.25, 0.3) is 41.8 Å². The van der Waals surface area contributed by atoms with Crippen LogP contribution in [0.2, 0.25) is 0 Å². The molecule has 0 saturated carbocycles. The van der Waals surface area contributed by atoms with Crippen LogP contribution in [0.15, 0.2) is 78.8 Å². The number of carbonyl (C=O) groups is 7. The molecule has 0 aliphatic carbocycles. The van der Waals surface area contributed by atoms with Crippen LogP contribution in [0.5, 0.6) is 0 Å². The Morgan fingerprint density at radius 3 is 1.20 bits per heavy atom. The van der Waals surface area contributed by atoms with Gasteiger partial charge in [0.2, 0.25) is 0 Å². The largest absolute Gasteiger partial charge is 0.560 e. The minimum atomic E-state index is -4.32. The van der Waals surface area contributed by atoms with Gasteiger partial charge in [0, 0.05) is 82.9 Å². The summed E-state index contributed by atoms with van der Waals surface area (Å²) in [6.07, 6.45) is -0.816. The van der Waals surface area contributed by atoms with Crippen LogP contribution in [-0.4, -0.2) is 199 Å². The number of amides is 6. The molecule has 492 valence electrons. The molecule has 2 saturated heterocycles. The highest BCUT2D eigenvalue weighted by atomic mass is 32.2. The molecular weight excluding hydrogens is 1230 g/mol. The fourth-order valence-corrected chi connectivity index (χ4v) is 12.8. The normalized spacial score (nSPS) is 15.5. The lowest BCUT2D eigenvalue weighted by molar-refractivity contribution is -0.199. The molecule has 2 fully saturated rings. The van der Waals surface area contributed by atoms with E-state index in [1.54, 1.807) is 0 Å². The van der Waals surface area contributed by atoms with Gasteiger partial charge in [-0.05, 0) is 96.0 Å². The lowest BCUT2D eigenvalue weighted by atomic mass is 9.88. The number of rotatable bonds is 48. The molecule has 2 N–H and O–H groups in total. The first-order valence-electron chi connectivity index (χ1n) is 28.8. The number of hydrogen-bond acceptors (Lipinski definition) is 23. The Bertz CT molecular complexity index is 2940. The number of sulfone groups is 2. The van der Waals surface area contributed by atoms with Gasteiger partial charge in [-0.3, -0.25) is 38.4 Å². The summed E-state index contributed by atoms with van der Waals surface area (Å²) in [7, 11) is -8.65. The standard InChI is InChI=1S/C53H74N16O19S2/c54-64-60-15-5-1-3-9-41(37-89(77,78)43-13-7-11-39(33-43)49(72)58-17-21-81-25-29-85-31-27-83-23-19-62-66-56)45-35-47(70)68(51(45)74)87-53(76)88-69-48(71)36-46(52(69)75)42(10-4-2-6-16-61-65-55)38-90(79,80)44-14-8-12-40(34-44)50(73)59-18-22-82-26-30-86-32-28-84-24-20-63-67-57/h7-8,11-14,33-34,41-42,45-46H,1-6,9-10,15-32,35-38H2,(H,58,72)(H,59,73). The Kier molecular flexibility index (Phi) is 34.6. The smallest absolute Gasteiger partial charge is 0.379 e. The monoisotopic (exact) mass is 1300 g/mol. The highest BCUT2D eigenvalue weighted by Gasteiger charge is 2.50. The quantitative estimate of drug-likeness (QED) is 0.0259. The third-order valence-electron chi connectivity index (χ3n) is 13.7. The Balaban J connectivity index is 1.37. The highest BCUT2D eigenvalue weighted by Crippen LogP contribution is 2.36. The van der Waals surface area contributed by atoms with Gasteiger partial charge >= 0.3 is 6.16 Å². The second kappa shape index (κ2) is 41.9. The van der Waals surface area contributed by atoms with Gasteiger partial charge in [0.25, 0.3) is 35.4 Å². The molecule has 0 radical (unpaired) electrons. The summed E-state index contributed by atoms with van der Waals surface area (Å²) in [5.74, 6) is -12.1. The molecule has 4 atom stereocenters. The first-order valence-corrected chi connectivity index (χ1v) is 32.1. The molecule has 0 spiro atoms. The van der Waals surface area contributed by atoms with Crippen molar-refractivity contribution < 1.29 is 88.5 Å².